The molecule has 1 heterocycles. The lowest BCUT2D eigenvalue weighted by Crippen LogP contribution is -2.29. The quantitative estimate of drug-likeness (QED) is 0.838. The van der Waals surface area contributed by atoms with E-state index in [4.69, 9.17) is 0 Å². The Labute approximate surface area is 156 Å². The van der Waals surface area contributed by atoms with Crippen LogP contribution < -0.4 is 5.32 Å². The second-order valence-corrected chi connectivity index (χ2v) is 7.49. The summed E-state index contributed by atoms with van der Waals surface area (Å²) in [6, 6.07) is 14.7. The molecular formula is C20H21BrN2O2. The van der Waals surface area contributed by atoms with Gasteiger partial charge in [-0.3, -0.25) is 9.59 Å². The first-order valence-corrected chi connectivity index (χ1v) is 9.24. The third kappa shape index (κ3) is 4.69. The highest BCUT2D eigenvalue weighted by Crippen LogP contribution is 2.18. The van der Waals surface area contributed by atoms with Crippen LogP contribution >= 0.6 is 15.9 Å². The van der Waals surface area contributed by atoms with Crippen molar-refractivity contribution >= 4 is 33.4 Å². The molecule has 1 unspecified atom stereocenters. The average Bonchev–Trinajstić information content (AvgIpc) is 3.03. The Kier molecular flexibility index (Phi) is 5.53. The summed E-state index contributed by atoms with van der Waals surface area (Å²) in [6.07, 6.45) is 1.50. The first-order chi connectivity index (χ1) is 12.0. The fourth-order valence-corrected chi connectivity index (χ4v) is 3.39. The number of likely N-dealkylation sites (tertiary alicyclic amines) is 1. The largest absolute Gasteiger partial charge is 0.342 e. The van der Waals surface area contributed by atoms with Gasteiger partial charge >= 0.3 is 0 Å². The van der Waals surface area contributed by atoms with E-state index < -0.39 is 0 Å². The zero-order valence-electron chi connectivity index (χ0n) is 14.2. The van der Waals surface area contributed by atoms with Crippen LogP contribution in [0.25, 0.3) is 0 Å². The highest BCUT2D eigenvalue weighted by molar-refractivity contribution is 9.10. The lowest BCUT2D eigenvalue weighted by atomic mass is 10.1. The molecule has 1 atom stereocenters. The molecule has 1 N–H and O–H groups in total. The summed E-state index contributed by atoms with van der Waals surface area (Å²) in [5.41, 5.74) is 2.28. The zero-order chi connectivity index (χ0) is 17.8. The topological polar surface area (TPSA) is 49.4 Å². The van der Waals surface area contributed by atoms with Crippen LogP contribution in [0.4, 0.5) is 5.69 Å². The van der Waals surface area contributed by atoms with Crippen LogP contribution in [0.2, 0.25) is 0 Å². The molecule has 0 saturated carbocycles. The molecule has 2 aromatic rings. The maximum atomic E-state index is 12.3. The molecular weight excluding hydrogens is 380 g/mol. The van der Waals surface area contributed by atoms with E-state index in [1.54, 1.807) is 12.1 Å². The molecule has 25 heavy (non-hydrogen) atoms. The van der Waals surface area contributed by atoms with E-state index in [1.807, 2.05) is 41.3 Å². The lowest BCUT2D eigenvalue weighted by Gasteiger charge is -2.16. The van der Waals surface area contributed by atoms with Crippen molar-refractivity contribution in [3.05, 3.63) is 64.1 Å². The Morgan fingerprint density at radius 3 is 2.60 bits per heavy atom. The molecule has 1 fully saturated rings. The van der Waals surface area contributed by atoms with Gasteiger partial charge in [0.05, 0.1) is 6.42 Å². The van der Waals surface area contributed by atoms with E-state index in [9.17, 15) is 9.59 Å². The maximum absolute atomic E-state index is 12.3. The van der Waals surface area contributed by atoms with Gasteiger partial charge in [-0.05, 0) is 48.2 Å². The summed E-state index contributed by atoms with van der Waals surface area (Å²) in [5, 5.41) is 2.87. The summed E-state index contributed by atoms with van der Waals surface area (Å²) in [5.74, 6) is 0.617. The summed E-state index contributed by atoms with van der Waals surface area (Å²) >= 11 is 3.36. The Morgan fingerprint density at radius 2 is 1.96 bits per heavy atom. The normalized spacial score (nSPS) is 16.7. The third-order valence-electron chi connectivity index (χ3n) is 4.43. The van der Waals surface area contributed by atoms with Crippen LogP contribution in [0, 0.1) is 5.92 Å². The molecule has 1 aliphatic heterocycles. The number of halogens is 1. The van der Waals surface area contributed by atoms with Crippen molar-refractivity contribution in [2.45, 2.75) is 19.8 Å². The first-order valence-electron chi connectivity index (χ1n) is 8.45. The Hall–Kier alpha value is -2.14. The van der Waals surface area contributed by atoms with E-state index in [2.05, 4.69) is 28.2 Å². The Bertz CT molecular complexity index is 774. The Morgan fingerprint density at radius 1 is 1.20 bits per heavy atom. The van der Waals surface area contributed by atoms with Crippen LogP contribution in [-0.2, 0) is 11.2 Å². The monoisotopic (exact) mass is 400 g/mol. The van der Waals surface area contributed by atoms with Crippen LogP contribution in [0.5, 0.6) is 0 Å². The predicted octanol–water partition coefficient (Wildman–Crippen LogP) is 4.11. The highest BCUT2D eigenvalue weighted by Gasteiger charge is 2.22. The smallest absolute Gasteiger partial charge is 0.255 e. The minimum Gasteiger partial charge on any atom is -0.342 e. The van der Waals surface area contributed by atoms with Crippen LogP contribution in [0.15, 0.2) is 53.0 Å². The van der Waals surface area contributed by atoms with E-state index in [-0.39, 0.29) is 11.8 Å². The molecule has 0 aromatic heterocycles. The minimum absolute atomic E-state index is 0.156. The molecule has 2 amide bonds. The van der Waals surface area contributed by atoms with Crippen molar-refractivity contribution in [3.63, 3.8) is 0 Å². The molecule has 3 rings (SSSR count). The summed E-state index contributed by atoms with van der Waals surface area (Å²) in [7, 11) is 0. The summed E-state index contributed by atoms with van der Waals surface area (Å²) < 4.78 is 0.866. The van der Waals surface area contributed by atoms with Gasteiger partial charge in [0.15, 0.2) is 0 Å². The number of carbonyl (C=O) groups is 2. The molecule has 130 valence electrons. The van der Waals surface area contributed by atoms with Gasteiger partial charge in [0.1, 0.15) is 0 Å². The number of anilines is 1. The molecule has 0 bridgehead atoms. The molecule has 2 aromatic carbocycles. The Balaban J connectivity index is 1.58. The fourth-order valence-electron chi connectivity index (χ4n) is 2.99. The molecule has 1 saturated heterocycles. The minimum atomic E-state index is -0.156. The number of rotatable bonds is 4. The SMILES string of the molecule is CC1CCN(C(=O)Cc2ccc(NC(=O)c3cccc(Br)c3)cc2)C1. The van der Waals surface area contributed by atoms with E-state index in [0.717, 1.165) is 35.2 Å². The van der Waals surface area contributed by atoms with Crippen molar-refractivity contribution in [3.8, 4) is 0 Å². The molecule has 0 aliphatic carbocycles. The van der Waals surface area contributed by atoms with Gasteiger partial charge in [-0.2, -0.15) is 0 Å². The number of hydrogen-bond acceptors (Lipinski definition) is 2. The van der Waals surface area contributed by atoms with Crippen LogP contribution in [0.1, 0.15) is 29.3 Å². The van der Waals surface area contributed by atoms with Gasteiger partial charge in [0.25, 0.3) is 5.91 Å². The third-order valence-corrected chi connectivity index (χ3v) is 4.92. The maximum Gasteiger partial charge on any atom is 0.255 e. The van der Waals surface area contributed by atoms with Gasteiger partial charge in [-0.1, -0.05) is 41.1 Å². The number of nitrogens with zero attached hydrogens (tertiary/aromatic N) is 1. The predicted molar refractivity (Wildman–Crippen MR) is 103 cm³/mol. The van der Waals surface area contributed by atoms with Crippen molar-refractivity contribution in [2.75, 3.05) is 18.4 Å². The van der Waals surface area contributed by atoms with Crippen molar-refractivity contribution in [2.24, 2.45) is 5.92 Å². The second kappa shape index (κ2) is 7.83. The molecule has 5 heteroatoms. The second-order valence-electron chi connectivity index (χ2n) is 6.57. The number of carbonyl (C=O) groups excluding carboxylic acids is 2. The van der Waals surface area contributed by atoms with Gasteiger partial charge in [-0.15, -0.1) is 0 Å². The van der Waals surface area contributed by atoms with Crippen molar-refractivity contribution in [1.29, 1.82) is 0 Å². The first kappa shape index (κ1) is 17.7. The number of benzene rings is 2. The molecule has 0 spiro atoms. The number of amides is 2. The number of hydrogen-bond donors (Lipinski definition) is 1. The van der Waals surface area contributed by atoms with E-state index in [0.29, 0.717) is 17.9 Å². The van der Waals surface area contributed by atoms with Gasteiger partial charge in [0.2, 0.25) is 5.91 Å². The highest BCUT2D eigenvalue weighted by atomic mass is 79.9. The van der Waals surface area contributed by atoms with E-state index in [1.165, 1.54) is 0 Å². The molecule has 4 nitrogen and oxygen atoms in total. The van der Waals surface area contributed by atoms with Crippen LogP contribution in [-0.4, -0.2) is 29.8 Å². The van der Waals surface area contributed by atoms with Crippen LogP contribution in [0.3, 0.4) is 0 Å². The standard InChI is InChI=1S/C20H21BrN2O2/c1-14-9-10-23(13-14)19(24)11-15-5-7-18(8-6-15)22-20(25)16-3-2-4-17(21)12-16/h2-8,12,14H,9-11,13H2,1H3,(H,22,25). The van der Waals surface area contributed by atoms with Gasteiger partial charge in [-0.25, -0.2) is 0 Å². The van der Waals surface area contributed by atoms with E-state index >= 15 is 0 Å². The fraction of sp³-hybridized carbons (Fsp3) is 0.300. The summed E-state index contributed by atoms with van der Waals surface area (Å²) in [6.45, 7) is 3.90. The van der Waals surface area contributed by atoms with Crippen molar-refractivity contribution < 1.29 is 9.59 Å². The van der Waals surface area contributed by atoms with Crippen molar-refractivity contribution in [1.82, 2.24) is 4.90 Å². The molecule has 1 aliphatic rings. The zero-order valence-corrected chi connectivity index (χ0v) is 15.8. The summed E-state index contributed by atoms with van der Waals surface area (Å²) in [4.78, 5) is 26.5. The molecule has 0 radical (unpaired) electrons. The average molecular weight is 401 g/mol. The number of nitrogens with one attached hydrogen (secondary N) is 1. The van der Waals surface area contributed by atoms with Gasteiger partial charge < -0.3 is 10.2 Å². The lowest BCUT2D eigenvalue weighted by molar-refractivity contribution is -0.129. The van der Waals surface area contributed by atoms with Gasteiger partial charge in [0, 0.05) is 28.8 Å².